The maximum absolute atomic E-state index is 12.2. The van der Waals surface area contributed by atoms with Crippen molar-refractivity contribution in [2.45, 2.75) is 0 Å². The smallest absolute Gasteiger partial charge is 0.257 e. The van der Waals surface area contributed by atoms with E-state index in [1.54, 1.807) is 24.5 Å². The second-order valence-electron chi connectivity index (χ2n) is 4.78. The van der Waals surface area contributed by atoms with Gasteiger partial charge in [-0.25, -0.2) is 0 Å². The number of aromatic hydroxyl groups is 1. The third-order valence-corrected chi connectivity index (χ3v) is 3.53. The first kappa shape index (κ1) is 12.5. The van der Waals surface area contributed by atoms with E-state index in [1.165, 1.54) is 0 Å². The monoisotopic (exact) mass is 272 g/mol. The van der Waals surface area contributed by atoms with E-state index in [2.05, 4.69) is 15.1 Å². The molecule has 1 aromatic heterocycles. The number of hydrogen-bond donors (Lipinski definition) is 2. The number of hydrogen-bond acceptors (Lipinski definition) is 4. The van der Waals surface area contributed by atoms with Gasteiger partial charge in [0.15, 0.2) is 0 Å². The van der Waals surface area contributed by atoms with Crippen LogP contribution in [-0.2, 0) is 0 Å². The molecule has 2 N–H and O–H groups in total. The molecule has 1 aliphatic heterocycles. The van der Waals surface area contributed by atoms with Crippen molar-refractivity contribution in [3.05, 3.63) is 42.2 Å². The topological polar surface area (TPSA) is 72.5 Å². The third-order valence-electron chi connectivity index (χ3n) is 3.53. The Morgan fingerprint density at radius 1 is 1.15 bits per heavy atom. The molecular formula is C14H16N4O2. The van der Waals surface area contributed by atoms with E-state index in [-0.39, 0.29) is 11.7 Å². The van der Waals surface area contributed by atoms with Crippen LogP contribution >= 0.6 is 0 Å². The molecule has 0 unspecified atom stereocenters. The SMILES string of the molecule is O=C(c1cn[nH]c1)N1CCN(c2ccc(O)cc2)CC1. The molecule has 0 saturated carbocycles. The van der Waals surface area contributed by atoms with Gasteiger partial charge in [-0.3, -0.25) is 9.89 Å². The molecular weight excluding hydrogens is 256 g/mol. The number of nitrogens with zero attached hydrogens (tertiary/aromatic N) is 3. The van der Waals surface area contributed by atoms with Crippen LogP contribution in [0.5, 0.6) is 5.75 Å². The van der Waals surface area contributed by atoms with Crippen molar-refractivity contribution in [2.24, 2.45) is 0 Å². The van der Waals surface area contributed by atoms with Crippen LogP contribution in [-0.4, -0.2) is 52.3 Å². The molecule has 2 aromatic rings. The summed E-state index contributed by atoms with van der Waals surface area (Å²) in [6.45, 7) is 2.94. The van der Waals surface area contributed by atoms with Gasteiger partial charge in [0.25, 0.3) is 5.91 Å². The average Bonchev–Trinajstić information content (AvgIpc) is 3.02. The highest BCUT2D eigenvalue weighted by Crippen LogP contribution is 2.20. The fourth-order valence-corrected chi connectivity index (χ4v) is 2.38. The summed E-state index contributed by atoms with van der Waals surface area (Å²) in [6, 6.07) is 7.14. The zero-order valence-corrected chi connectivity index (χ0v) is 11.0. The van der Waals surface area contributed by atoms with Gasteiger partial charge in [0.05, 0.1) is 11.8 Å². The highest BCUT2D eigenvalue weighted by Gasteiger charge is 2.22. The van der Waals surface area contributed by atoms with E-state index < -0.39 is 0 Å². The largest absolute Gasteiger partial charge is 0.508 e. The molecule has 0 spiro atoms. The number of phenolic OH excluding ortho intramolecular Hbond substituents is 1. The Kier molecular flexibility index (Phi) is 3.28. The van der Waals surface area contributed by atoms with Crippen LogP contribution in [0, 0.1) is 0 Å². The summed E-state index contributed by atoms with van der Waals surface area (Å²) >= 11 is 0. The summed E-state index contributed by atoms with van der Waals surface area (Å²) in [5.41, 5.74) is 1.67. The van der Waals surface area contributed by atoms with Gasteiger partial charge in [-0.1, -0.05) is 0 Å². The lowest BCUT2D eigenvalue weighted by molar-refractivity contribution is 0.0747. The molecule has 0 bridgehead atoms. The number of H-pyrrole nitrogens is 1. The Morgan fingerprint density at radius 3 is 2.45 bits per heavy atom. The van der Waals surface area contributed by atoms with Crippen molar-refractivity contribution >= 4 is 11.6 Å². The molecule has 6 heteroatoms. The number of amides is 1. The molecule has 1 fully saturated rings. The number of aromatic amines is 1. The number of piperazine rings is 1. The fraction of sp³-hybridized carbons (Fsp3) is 0.286. The summed E-state index contributed by atoms with van der Waals surface area (Å²) < 4.78 is 0. The van der Waals surface area contributed by atoms with Crippen molar-refractivity contribution in [1.29, 1.82) is 0 Å². The van der Waals surface area contributed by atoms with Crippen LogP contribution in [0.15, 0.2) is 36.7 Å². The maximum Gasteiger partial charge on any atom is 0.257 e. The molecule has 3 rings (SSSR count). The van der Waals surface area contributed by atoms with Gasteiger partial charge in [-0.2, -0.15) is 5.10 Å². The molecule has 2 heterocycles. The first-order valence-corrected chi connectivity index (χ1v) is 6.56. The number of carbonyl (C=O) groups excluding carboxylic acids is 1. The molecule has 0 atom stereocenters. The van der Waals surface area contributed by atoms with E-state index in [0.717, 1.165) is 18.8 Å². The van der Waals surface area contributed by atoms with Crippen LogP contribution in [0.1, 0.15) is 10.4 Å². The number of nitrogens with one attached hydrogen (secondary N) is 1. The van der Waals surface area contributed by atoms with Crippen molar-refractivity contribution in [1.82, 2.24) is 15.1 Å². The third kappa shape index (κ3) is 2.45. The van der Waals surface area contributed by atoms with E-state index in [1.807, 2.05) is 17.0 Å². The molecule has 0 radical (unpaired) electrons. The minimum Gasteiger partial charge on any atom is -0.508 e. The zero-order valence-electron chi connectivity index (χ0n) is 11.0. The van der Waals surface area contributed by atoms with Gasteiger partial charge >= 0.3 is 0 Å². The number of phenols is 1. The van der Waals surface area contributed by atoms with Crippen LogP contribution in [0.25, 0.3) is 0 Å². The van der Waals surface area contributed by atoms with E-state index in [0.29, 0.717) is 18.7 Å². The van der Waals surface area contributed by atoms with Gasteiger partial charge in [0.1, 0.15) is 5.75 Å². The molecule has 1 amide bonds. The van der Waals surface area contributed by atoms with Crippen LogP contribution < -0.4 is 4.90 Å². The number of aromatic nitrogens is 2. The number of rotatable bonds is 2. The standard InChI is InChI=1S/C14H16N4O2/c19-13-3-1-12(2-4-13)17-5-7-18(8-6-17)14(20)11-9-15-16-10-11/h1-4,9-10,19H,5-8H2,(H,15,16). The van der Waals surface area contributed by atoms with Crippen molar-refractivity contribution in [3.63, 3.8) is 0 Å². The molecule has 6 nitrogen and oxygen atoms in total. The summed E-state index contributed by atoms with van der Waals surface area (Å²) in [4.78, 5) is 16.2. The van der Waals surface area contributed by atoms with E-state index in [9.17, 15) is 9.90 Å². The second kappa shape index (κ2) is 5.24. The van der Waals surface area contributed by atoms with E-state index in [4.69, 9.17) is 0 Å². The van der Waals surface area contributed by atoms with Gasteiger partial charge in [0.2, 0.25) is 0 Å². The molecule has 1 aromatic carbocycles. The minimum atomic E-state index is 0.0177. The first-order valence-electron chi connectivity index (χ1n) is 6.56. The van der Waals surface area contributed by atoms with Crippen LogP contribution in [0.3, 0.4) is 0 Å². The lowest BCUT2D eigenvalue weighted by Gasteiger charge is -2.36. The fourth-order valence-electron chi connectivity index (χ4n) is 2.38. The van der Waals surface area contributed by atoms with Gasteiger partial charge in [-0.15, -0.1) is 0 Å². The van der Waals surface area contributed by atoms with Crippen LogP contribution in [0.2, 0.25) is 0 Å². The minimum absolute atomic E-state index is 0.0177. The van der Waals surface area contributed by atoms with E-state index >= 15 is 0 Å². The van der Waals surface area contributed by atoms with Crippen molar-refractivity contribution in [3.8, 4) is 5.75 Å². The predicted octanol–water partition coefficient (Wildman–Crippen LogP) is 1.08. The second-order valence-corrected chi connectivity index (χ2v) is 4.78. The molecule has 0 aliphatic carbocycles. The van der Waals surface area contributed by atoms with Gasteiger partial charge < -0.3 is 14.9 Å². The Balaban J connectivity index is 1.62. The quantitative estimate of drug-likeness (QED) is 0.858. The van der Waals surface area contributed by atoms with Crippen molar-refractivity contribution < 1.29 is 9.90 Å². The number of anilines is 1. The number of benzene rings is 1. The van der Waals surface area contributed by atoms with Crippen LogP contribution in [0.4, 0.5) is 5.69 Å². The summed E-state index contributed by atoms with van der Waals surface area (Å²) in [5.74, 6) is 0.284. The Labute approximate surface area is 116 Å². The highest BCUT2D eigenvalue weighted by molar-refractivity contribution is 5.93. The first-order chi connectivity index (χ1) is 9.74. The molecule has 1 saturated heterocycles. The Hall–Kier alpha value is -2.50. The summed E-state index contributed by atoms with van der Waals surface area (Å²) in [7, 11) is 0. The van der Waals surface area contributed by atoms with Gasteiger partial charge in [-0.05, 0) is 24.3 Å². The Morgan fingerprint density at radius 2 is 1.85 bits per heavy atom. The van der Waals surface area contributed by atoms with Gasteiger partial charge in [0, 0.05) is 38.1 Å². The molecule has 20 heavy (non-hydrogen) atoms. The van der Waals surface area contributed by atoms with Crippen molar-refractivity contribution in [2.75, 3.05) is 31.1 Å². The summed E-state index contributed by atoms with van der Waals surface area (Å²) in [6.07, 6.45) is 3.17. The lowest BCUT2D eigenvalue weighted by Crippen LogP contribution is -2.48. The lowest BCUT2D eigenvalue weighted by atomic mass is 10.2. The Bertz CT molecular complexity index is 572. The highest BCUT2D eigenvalue weighted by atomic mass is 16.3. The normalized spacial score (nSPS) is 15.4. The molecule has 1 aliphatic rings. The zero-order chi connectivity index (χ0) is 13.9. The average molecular weight is 272 g/mol. The number of carbonyl (C=O) groups is 1. The summed E-state index contributed by atoms with van der Waals surface area (Å²) in [5, 5.41) is 15.8. The maximum atomic E-state index is 12.2. The predicted molar refractivity (Wildman–Crippen MR) is 74.8 cm³/mol. The molecule has 104 valence electrons.